The van der Waals surface area contributed by atoms with Crippen molar-refractivity contribution >= 4 is 29.4 Å². The summed E-state index contributed by atoms with van der Waals surface area (Å²) in [6, 6.07) is 10.8. The van der Waals surface area contributed by atoms with Gasteiger partial charge in [-0.25, -0.2) is 4.99 Å². The monoisotopic (exact) mass is 283 g/mol. The molecule has 0 saturated carbocycles. The van der Waals surface area contributed by atoms with Crippen LogP contribution < -0.4 is 5.32 Å². The molecule has 1 aromatic heterocycles. The summed E-state index contributed by atoms with van der Waals surface area (Å²) in [5.41, 5.74) is 2.08. The van der Waals surface area contributed by atoms with E-state index in [0.717, 1.165) is 11.1 Å². The molecule has 98 valence electrons. The van der Waals surface area contributed by atoms with Crippen LogP contribution in [0.3, 0.4) is 0 Å². The number of nitrogens with zero attached hydrogens (tertiary/aromatic N) is 2. The van der Waals surface area contributed by atoms with Crippen molar-refractivity contribution in [3.05, 3.63) is 70.6 Å². The molecule has 0 unspecified atom stereocenters. The number of halogens is 1. The number of aliphatic imine (C=N–C) groups is 1. The zero-order valence-electron chi connectivity index (χ0n) is 10.4. The highest BCUT2D eigenvalue weighted by molar-refractivity contribution is 6.30. The fraction of sp³-hybridized carbons (Fsp3) is 0. The fourth-order valence-electron chi connectivity index (χ4n) is 1.83. The van der Waals surface area contributed by atoms with Gasteiger partial charge in [0, 0.05) is 23.0 Å². The Bertz CT molecular complexity index is 706. The van der Waals surface area contributed by atoms with Crippen LogP contribution in [0.5, 0.6) is 0 Å². The van der Waals surface area contributed by atoms with E-state index in [1.807, 2.05) is 12.1 Å². The highest BCUT2D eigenvalue weighted by Crippen LogP contribution is 2.16. The molecule has 0 radical (unpaired) electrons. The largest absolute Gasteiger partial charge is 0.305 e. The van der Waals surface area contributed by atoms with E-state index < -0.39 is 0 Å². The maximum atomic E-state index is 11.9. The number of carbonyl (C=O) groups is 1. The molecule has 0 fully saturated rings. The number of hydrogen-bond acceptors (Lipinski definition) is 3. The van der Waals surface area contributed by atoms with E-state index in [0.29, 0.717) is 16.6 Å². The Hall–Kier alpha value is -2.46. The van der Waals surface area contributed by atoms with Gasteiger partial charge in [0.15, 0.2) is 0 Å². The van der Waals surface area contributed by atoms with Gasteiger partial charge in [-0.15, -0.1) is 0 Å². The highest BCUT2D eigenvalue weighted by Gasteiger charge is 2.20. The molecule has 1 aliphatic heterocycles. The van der Waals surface area contributed by atoms with Gasteiger partial charge in [0.2, 0.25) is 0 Å². The highest BCUT2D eigenvalue weighted by atomic mass is 35.5. The Morgan fingerprint density at radius 1 is 1.05 bits per heavy atom. The van der Waals surface area contributed by atoms with Gasteiger partial charge in [-0.1, -0.05) is 23.7 Å². The third kappa shape index (κ3) is 2.60. The Kier molecular flexibility index (Phi) is 3.31. The molecule has 1 amide bonds. The molecule has 1 aromatic carbocycles. The third-order valence-electron chi connectivity index (χ3n) is 2.82. The molecule has 0 atom stereocenters. The SMILES string of the molecule is O=C1NC(c2ccncc2)=N/C1=C/c1ccc(Cl)cc1. The van der Waals surface area contributed by atoms with Crippen LogP contribution in [0.4, 0.5) is 0 Å². The van der Waals surface area contributed by atoms with Crippen LogP contribution in [-0.2, 0) is 4.79 Å². The van der Waals surface area contributed by atoms with Crippen LogP contribution in [-0.4, -0.2) is 16.7 Å². The van der Waals surface area contributed by atoms with Crippen molar-refractivity contribution in [1.82, 2.24) is 10.3 Å². The first-order chi connectivity index (χ1) is 9.72. The van der Waals surface area contributed by atoms with Gasteiger partial charge < -0.3 is 5.32 Å². The lowest BCUT2D eigenvalue weighted by Gasteiger charge is -1.97. The molecule has 0 saturated heterocycles. The lowest BCUT2D eigenvalue weighted by Crippen LogP contribution is -2.24. The topological polar surface area (TPSA) is 54.4 Å². The molecule has 0 spiro atoms. The van der Waals surface area contributed by atoms with Gasteiger partial charge >= 0.3 is 0 Å². The van der Waals surface area contributed by atoms with Gasteiger partial charge in [-0.05, 0) is 35.9 Å². The summed E-state index contributed by atoms with van der Waals surface area (Å²) >= 11 is 5.83. The zero-order valence-corrected chi connectivity index (χ0v) is 11.1. The molecule has 5 heteroatoms. The number of pyridine rings is 1. The summed E-state index contributed by atoms with van der Waals surface area (Å²) in [4.78, 5) is 20.1. The Labute approximate surface area is 120 Å². The normalized spacial score (nSPS) is 16.1. The molecular weight excluding hydrogens is 274 g/mol. The van der Waals surface area contributed by atoms with Crippen LogP contribution in [0.1, 0.15) is 11.1 Å². The van der Waals surface area contributed by atoms with E-state index in [-0.39, 0.29) is 5.91 Å². The van der Waals surface area contributed by atoms with Gasteiger partial charge in [0.1, 0.15) is 11.5 Å². The molecule has 2 aromatic rings. The third-order valence-corrected chi connectivity index (χ3v) is 3.08. The second-order valence-electron chi connectivity index (χ2n) is 4.23. The Balaban J connectivity index is 1.92. The van der Waals surface area contributed by atoms with E-state index in [1.165, 1.54) is 0 Å². The van der Waals surface area contributed by atoms with Crippen LogP contribution in [0.15, 0.2) is 59.5 Å². The van der Waals surface area contributed by atoms with Crippen LogP contribution in [0, 0.1) is 0 Å². The van der Waals surface area contributed by atoms with Crippen molar-refractivity contribution in [2.75, 3.05) is 0 Å². The van der Waals surface area contributed by atoms with E-state index in [9.17, 15) is 4.79 Å². The second kappa shape index (κ2) is 5.27. The van der Waals surface area contributed by atoms with Gasteiger partial charge in [0.25, 0.3) is 5.91 Å². The Morgan fingerprint density at radius 3 is 2.45 bits per heavy atom. The quantitative estimate of drug-likeness (QED) is 0.862. The minimum Gasteiger partial charge on any atom is -0.305 e. The summed E-state index contributed by atoms with van der Waals surface area (Å²) in [7, 11) is 0. The molecule has 0 aliphatic carbocycles. The number of benzene rings is 1. The van der Waals surface area contributed by atoms with E-state index in [1.54, 1.807) is 42.7 Å². The number of aromatic nitrogens is 1. The minimum atomic E-state index is -0.216. The van der Waals surface area contributed by atoms with Crippen molar-refractivity contribution in [3.63, 3.8) is 0 Å². The second-order valence-corrected chi connectivity index (χ2v) is 4.67. The zero-order chi connectivity index (χ0) is 13.9. The minimum absolute atomic E-state index is 0.216. The molecular formula is C15H10ClN3O. The molecule has 1 N–H and O–H groups in total. The lowest BCUT2D eigenvalue weighted by atomic mass is 10.2. The lowest BCUT2D eigenvalue weighted by molar-refractivity contribution is -0.115. The van der Waals surface area contributed by atoms with Crippen molar-refractivity contribution in [1.29, 1.82) is 0 Å². The summed E-state index contributed by atoms with van der Waals surface area (Å²) in [6.07, 6.45) is 5.04. The standard InChI is InChI=1S/C15H10ClN3O/c16-12-3-1-10(2-4-12)9-13-15(20)19-14(18-13)11-5-7-17-8-6-11/h1-9H,(H,18,19,20)/b13-9+. The summed E-state index contributed by atoms with van der Waals surface area (Å²) in [5.74, 6) is 0.323. The van der Waals surface area contributed by atoms with Crippen molar-refractivity contribution < 1.29 is 4.79 Å². The van der Waals surface area contributed by atoms with Crippen molar-refractivity contribution in [2.45, 2.75) is 0 Å². The number of nitrogens with one attached hydrogen (secondary N) is 1. The summed E-state index contributed by atoms with van der Waals surface area (Å²) < 4.78 is 0. The van der Waals surface area contributed by atoms with Crippen LogP contribution in [0.2, 0.25) is 5.02 Å². The molecule has 0 bridgehead atoms. The van der Waals surface area contributed by atoms with Crippen LogP contribution >= 0.6 is 11.6 Å². The van der Waals surface area contributed by atoms with E-state index in [4.69, 9.17) is 11.6 Å². The van der Waals surface area contributed by atoms with E-state index in [2.05, 4.69) is 15.3 Å². The molecule has 2 heterocycles. The van der Waals surface area contributed by atoms with Gasteiger partial charge in [-0.3, -0.25) is 9.78 Å². The van der Waals surface area contributed by atoms with Crippen molar-refractivity contribution in [3.8, 4) is 0 Å². The number of amidine groups is 1. The fourth-order valence-corrected chi connectivity index (χ4v) is 1.96. The predicted molar refractivity (Wildman–Crippen MR) is 78.3 cm³/mol. The smallest absolute Gasteiger partial charge is 0.275 e. The summed E-state index contributed by atoms with van der Waals surface area (Å²) in [6.45, 7) is 0. The molecule has 3 rings (SSSR count). The van der Waals surface area contributed by atoms with Gasteiger partial charge in [0.05, 0.1) is 0 Å². The average molecular weight is 284 g/mol. The first-order valence-corrected chi connectivity index (χ1v) is 6.38. The van der Waals surface area contributed by atoms with E-state index >= 15 is 0 Å². The van der Waals surface area contributed by atoms with Crippen LogP contribution in [0.25, 0.3) is 6.08 Å². The molecule has 1 aliphatic rings. The van der Waals surface area contributed by atoms with Gasteiger partial charge in [-0.2, -0.15) is 0 Å². The first-order valence-electron chi connectivity index (χ1n) is 6.00. The maximum Gasteiger partial charge on any atom is 0.275 e. The average Bonchev–Trinajstić information content (AvgIpc) is 2.84. The Morgan fingerprint density at radius 2 is 1.75 bits per heavy atom. The number of amides is 1. The molecule has 20 heavy (non-hydrogen) atoms. The summed E-state index contributed by atoms with van der Waals surface area (Å²) in [5, 5.41) is 3.40. The molecule has 4 nitrogen and oxygen atoms in total. The number of carbonyl (C=O) groups excluding carboxylic acids is 1. The first kappa shape index (κ1) is 12.6. The number of rotatable bonds is 2. The van der Waals surface area contributed by atoms with Crippen molar-refractivity contribution in [2.24, 2.45) is 4.99 Å². The maximum absolute atomic E-state index is 11.9. The predicted octanol–water partition coefficient (Wildman–Crippen LogP) is 2.65. The number of hydrogen-bond donors (Lipinski definition) is 1.